The van der Waals surface area contributed by atoms with Gasteiger partial charge in [0.25, 0.3) is 0 Å². The van der Waals surface area contributed by atoms with Crippen LogP contribution in [0.25, 0.3) is 0 Å². The first-order valence-corrected chi connectivity index (χ1v) is 4.39. The van der Waals surface area contributed by atoms with Gasteiger partial charge in [0, 0.05) is 0 Å². The molecule has 0 heterocycles. The summed E-state index contributed by atoms with van der Waals surface area (Å²) in [5, 5.41) is 3.11. The Labute approximate surface area is 68.3 Å². The first-order valence-electron chi connectivity index (χ1n) is 4.39. The molecule has 1 fully saturated rings. The maximum Gasteiger partial charge on any atom is 0.0922 e. The normalized spacial score (nSPS) is 36.6. The van der Waals surface area contributed by atoms with Gasteiger partial charge in [-0.15, -0.1) is 0 Å². The summed E-state index contributed by atoms with van der Waals surface area (Å²) in [6.07, 6.45) is 3.11. The van der Waals surface area contributed by atoms with Crippen LogP contribution in [0.3, 0.4) is 0 Å². The van der Waals surface area contributed by atoms with Gasteiger partial charge in [-0.2, -0.15) is 4.91 Å². The Kier molecular flexibility index (Phi) is 2.31. The van der Waals surface area contributed by atoms with E-state index in [9.17, 15) is 4.91 Å². The summed E-state index contributed by atoms with van der Waals surface area (Å²) < 4.78 is 0. The molecule has 2 heteroatoms. The zero-order valence-electron chi connectivity index (χ0n) is 7.63. The minimum Gasteiger partial charge on any atom is -0.151 e. The van der Waals surface area contributed by atoms with Crippen LogP contribution in [0.4, 0.5) is 0 Å². The van der Waals surface area contributed by atoms with E-state index < -0.39 is 0 Å². The molecular formula is C9H17NO. The third-order valence-electron chi connectivity index (χ3n) is 3.23. The fraction of sp³-hybridized carbons (Fsp3) is 1.00. The summed E-state index contributed by atoms with van der Waals surface area (Å²) in [6.45, 7) is 6.77. The molecule has 0 aromatic heterocycles. The van der Waals surface area contributed by atoms with Crippen LogP contribution < -0.4 is 0 Å². The minimum absolute atomic E-state index is 0.0954. The molecule has 0 N–H and O–H groups in total. The van der Waals surface area contributed by atoms with Crippen molar-refractivity contribution in [2.45, 2.75) is 46.1 Å². The van der Waals surface area contributed by atoms with Gasteiger partial charge in [0.15, 0.2) is 0 Å². The standard InChI is InChI=1S/C9H17NO/c1-7-6-8(10-11)4-5-9(7,2)3/h7-8H,4-6H2,1-3H3/t7-,8?/m0/s1. The van der Waals surface area contributed by atoms with E-state index in [0.717, 1.165) is 19.3 Å². The van der Waals surface area contributed by atoms with Crippen molar-refractivity contribution in [2.75, 3.05) is 0 Å². The Morgan fingerprint density at radius 2 is 2.09 bits per heavy atom. The lowest BCUT2D eigenvalue weighted by molar-refractivity contribution is 0.139. The first kappa shape index (κ1) is 8.69. The van der Waals surface area contributed by atoms with E-state index in [1.165, 1.54) is 0 Å². The summed E-state index contributed by atoms with van der Waals surface area (Å²) in [5.41, 5.74) is 0.418. The molecule has 0 amide bonds. The molecule has 2 atom stereocenters. The zero-order chi connectivity index (χ0) is 8.48. The van der Waals surface area contributed by atoms with Gasteiger partial charge in [0.1, 0.15) is 0 Å². The van der Waals surface area contributed by atoms with Gasteiger partial charge >= 0.3 is 0 Å². The van der Waals surface area contributed by atoms with Gasteiger partial charge in [-0.1, -0.05) is 25.9 Å². The van der Waals surface area contributed by atoms with Crippen LogP contribution in [0.15, 0.2) is 5.18 Å². The van der Waals surface area contributed by atoms with E-state index in [2.05, 4.69) is 25.9 Å². The third kappa shape index (κ3) is 1.79. The summed E-state index contributed by atoms with van der Waals surface area (Å²) in [7, 11) is 0. The fourth-order valence-corrected chi connectivity index (χ4v) is 1.73. The lowest BCUT2D eigenvalue weighted by atomic mass is 9.68. The predicted molar refractivity (Wildman–Crippen MR) is 46.4 cm³/mol. The molecule has 0 radical (unpaired) electrons. The van der Waals surface area contributed by atoms with Crippen LogP contribution in [0.2, 0.25) is 0 Å². The zero-order valence-corrected chi connectivity index (χ0v) is 7.63. The highest BCUT2D eigenvalue weighted by Crippen LogP contribution is 2.40. The van der Waals surface area contributed by atoms with Gasteiger partial charge in [-0.25, -0.2) is 0 Å². The molecule has 0 saturated heterocycles. The van der Waals surface area contributed by atoms with Gasteiger partial charge < -0.3 is 0 Å². The van der Waals surface area contributed by atoms with Gasteiger partial charge in [-0.3, -0.25) is 0 Å². The van der Waals surface area contributed by atoms with E-state index >= 15 is 0 Å². The van der Waals surface area contributed by atoms with Crippen LogP contribution in [-0.4, -0.2) is 6.04 Å². The molecule has 1 rings (SSSR count). The Balaban J connectivity index is 2.54. The molecule has 11 heavy (non-hydrogen) atoms. The smallest absolute Gasteiger partial charge is 0.0922 e. The van der Waals surface area contributed by atoms with Crippen molar-refractivity contribution < 1.29 is 0 Å². The van der Waals surface area contributed by atoms with Crippen molar-refractivity contribution in [1.29, 1.82) is 0 Å². The van der Waals surface area contributed by atoms with Crippen molar-refractivity contribution in [3.63, 3.8) is 0 Å². The van der Waals surface area contributed by atoms with E-state index in [1.54, 1.807) is 0 Å². The summed E-state index contributed by atoms with van der Waals surface area (Å²) >= 11 is 0. The molecule has 0 aromatic carbocycles. The van der Waals surface area contributed by atoms with Crippen molar-refractivity contribution in [1.82, 2.24) is 0 Å². The van der Waals surface area contributed by atoms with Gasteiger partial charge in [0.2, 0.25) is 0 Å². The predicted octanol–water partition coefficient (Wildman–Crippen LogP) is 2.97. The highest BCUT2D eigenvalue weighted by molar-refractivity contribution is 4.86. The monoisotopic (exact) mass is 155 g/mol. The average molecular weight is 155 g/mol. The second-order valence-electron chi connectivity index (χ2n) is 4.42. The van der Waals surface area contributed by atoms with E-state index in [4.69, 9.17) is 0 Å². The van der Waals surface area contributed by atoms with E-state index in [0.29, 0.717) is 11.3 Å². The van der Waals surface area contributed by atoms with Crippen molar-refractivity contribution >= 4 is 0 Å². The molecule has 0 spiro atoms. The molecule has 1 unspecified atom stereocenters. The number of hydrogen-bond donors (Lipinski definition) is 0. The Morgan fingerprint density at radius 3 is 2.55 bits per heavy atom. The third-order valence-corrected chi connectivity index (χ3v) is 3.23. The topological polar surface area (TPSA) is 29.4 Å². The summed E-state index contributed by atoms with van der Waals surface area (Å²) in [4.78, 5) is 10.3. The van der Waals surface area contributed by atoms with Gasteiger partial charge in [-0.05, 0) is 30.6 Å². The second-order valence-corrected chi connectivity index (χ2v) is 4.42. The number of nitrogens with zero attached hydrogens (tertiary/aromatic N) is 1. The Bertz CT molecular complexity index is 154. The first-order chi connectivity index (χ1) is 5.06. The molecule has 1 aliphatic carbocycles. The van der Waals surface area contributed by atoms with Crippen LogP contribution in [0.5, 0.6) is 0 Å². The van der Waals surface area contributed by atoms with Crippen molar-refractivity contribution in [2.24, 2.45) is 16.5 Å². The Hall–Kier alpha value is -0.400. The maximum atomic E-state index is 10.3. The highest BCUT2D eigenvalue weighted by atomic mass is 16.3. The van der Waals surface area contributed by atoms with Gasteiger partial charge in [0.05, 0.1) is 6.04 Å². The molecule has 2 nitrogen and oxygen atoms in total. The highest BCUT2D eigenvalue weighted by Gasteiger charge is 2.33. The molecule has 0 aromatic rings. The Morgan fingerprint density at radius 1 is 1.45 bits per heavy atom. The van der Waals surface area contributed by atoms with E-state index in [1.807, 2.05) is 0 Å². The molecule has 1 aliphatic rings. The van der Waals surface area contributed by atoms with E-state index in [-0.39, 0.29) is 6.04 Å². The minimum atomic E-state index is 0.0954. The number of hydrogen-bond acceptors (Lipinski definition) is 2. The maximum absolute atomic E-state index is 10.3. The lowest BCUT2D eigenvalue weighted by Gasteiger charge is -2.38. The second kappa shape index (κ2) is 2.92. The molecule has 0 bridgehead atoms. The molecule has 1 saturated carbocycles. The molecular weight excluding hydrogens is 138 g/mol. The number of rotatable bonds is 1. The quantitative estimate of drug-likeness (QED) is 0.535. The van der Waals surface area contributed by atoms with Crippen LogP contribution in [0, 0.1) is 16.2 Å². The molecule has 64 valence electrons. The largest absolute Gasteiger partial charge is 0.151 e. The fourth-order valence-electron chi connectivity index (χ4n) is 1.73. The van der Waals surface area contributed by atoms with Crippen LogP contribution >= 0.6 is 0 Å². The van der Waals surface area contributed by atoms with Crippen molar-refractivity contribution in [3.8, 4) is 0 Å². The molecule has 0 aliphatic heterocycles. The summed E-state index contributed by atoms with van der Waals surface area (Å²) in [6, 6.07) is 0.0954. The SMILES string of the molecule is C[C@H]1CC(N=O)CCC1(C)C. The number of nitroso groups, excluding NO2 is 1. The lowest BCUT2D eigenvalue weighted by Crippen LogP contribution is -2.31. The van der Waals surface area contributed by atoms with Crippen LogP contribution in [-0.2, 0) is 0 Å². The average Bonchev–Trinajstić information content (AvgIpc) is 1.95. The van der Waals surface area contributed by atoms with Crippen LogP contribution in [0.1, 0.15) is 40.0 Å². The summed E-state index contributed by atoms with van der Waals surface area (Å²) in [5.74, 6) is 0.638. The van der Waals surface area contributed by atoms with Crippen molar-refractivity contribution in [3.05, 3.63) is 4.91 Å².